The average Bonchev–Trinajstić information content (AvgIpc) is 2.56. The fourth-order valence-electron chi connectivity index (χ4n) is 2.91. The molecule has 156 valence electrons. The van der Waals surface area contributed by atoms with Crippen molar-refractivity contribution < 1.29 is 9.90 Å². The lowest BCUT2D eigenvalue weighted by Gasteiger charge is -2.24. The normalized spacial score (nSPS) is 14.8. The molecule has 0 aromatic heterocycles. The van der Waals surface area contributed by atoms with Gasteiger partial charge in [-0.1, -0.05) is 77.4 Å². The van der Waals surface area contributed by atoms with Gasteiger partial charge in [0.25, 0.3) is 0 Å². The minimum atomic E-state index is -1.39. The highest BCUT2D eigenvalue weighted by molar-refractivity contribution is 5.85. The molecule has 0 fully saturated rings. The Morgan fingerprint density at radius 1 is 0.923 bits per heavy atom. The van der Waals surface area contributed by atoms with Crippen LogP contribution >= 0.6 is 12.4 Å². The Kier molecular flexibility index (Phi) is 19.3. The fourth-order valence-corrected chi connectivity index (χ4v) is 2.91. The Morgan fingerprint density at radius 3 is 1.81 bits per heavy atom. The quantitative estimate of drug-likeness (QED) is 0.174. The molecule has 0 spiro atoms. The summed E-state index contributed by atoms with van der Waals surface area (Å²) in [6.07, 6.45) is 21.5. The Hall–Kier alpha value is -0.380. The van der Waals surface area contributed by atoms with E-state index in [-0.39, 0.29) is 18.2 Å². The molecule has 0 aromatic carbocycles. The van der Waals surface area contributed by atoms with Gasteiger partial charge in [-0.15, -0.1) is 12.4 Å². The first-order chi connectivity index (χ1) is 11.9. The lowest BCUT2D eigenvalue weighted by Crippen LogP contribution is -2.46. The van der Waals surface area contributed by atoms with Gasteiger partial charge in [0.05, 0.1) is 5.92 Å². The van der Waals surface area contributed by atoms with Crippen LogP contribution in [0, 0.1) is 5.92 Å². The third-order valence-corrected chi connectivity index (χ3v) is 5.04. The first-order valence-corrected chi connectivity index (χ1v) is 10.6. The third-order valence-electron chi connectivity index (χ3n) is 5.04. The number of carbonyl (C=O) groups excluding carboxylic acids is 1. The SMILES string of the molecule is CCCCCCCCC=CCCCCCCCC(=O)C(C)C(C)(N)O.Cl. The van der Waals surface area contributed by atoms with Crippen LogP contribution in [0.4, 0.5) is 0 Å². The first kappa shape index (κ1) is 27.8. The number of aliphatic hydroxyl groups is 1. The van der Waals surface area contributed by atoms with Crippen molar-refractivity contribution in [3.05, 3.63) is 12.2 Å². The fraction of sp³-hybridized carbons (Fsp3) is 0.864. The van der Waals surface area contributed by atoms with Crippen molar-refractivity contribution in [3.63, 3.8) is 0 Å². The highest BCUT2D eigenvalue weighted by atomic mass is 35.5. The van der Waals surface area contributed by atoms with Crippen molar-refractivity contribution >= 4 is 18.2 Å². The van der Waals surface area contributed by atoms with E-state index in [0.717, 1.165) is 12.8 Å². The topological polar surface area (TPSA) is 63.3 Å². The Morgan fingerprint density at radius 2 is 1.35 bits per heavy atom. The largest absolute Gasteiger partial charge is 0.376 e. The van der Waals surface area contributed by atoms with Gasteiger partial charge >= 0.3 is 0 Å². The van der Waals surface area contributed by atoms with Crippen LogP contribution < -0.4 is 5.73 Å². The molecule has 3 N–H and O–H groups in total. The van der Waals surface area contributed by atoms with Crippen LogP contribution in [-0.2, 0) is 4.79 Å². The lowest BCUT2D eigenvalue weighted by atomic mass is 9.92. The number of halogens is 1. The van der Waals surface area contributed by atoms with Crippen LogP contribution in [0.3, 0.4) is 0 Å². The molecular formula is C22H44ClNO2. The Balaban J connectivity index is 0. The van der Waals surface area contributed by atoms with E-state index < -0.39 is 11.6 Å². The molecule has 0 heterocycles. The van der Waals surface area contributed by atoms with Crippen LogP contribution in [0.25, 0.3) is 0 Å². The van der Waals surface area contributed by atoms with E-state index in [1.165, 1.54) is 77.6 Å². The summed E-state index contributed by atoms with van der Waals surface area (Å²) in [7, 11) is 0. The van der Waals surface area contributed by atoms with Crippen LogP contribution in [0.5, 0.6) is 0 Å². The predicted molar refractivity (Wildman–Crippen MR) is 116 cm³/mol. The molecule has 3 nitrogen and oxygen atoms in total. The molecule has 0 radical (unpaired) electrons. The summed E-state index contributed by atoms with van der Waals surface area (Å²) in [6, 6.07) is 0. The van der Waals surface area contributed by atoms with Crippen molar-refractivity contribution in [1.82, 2.24) is 0 Å². The van der Waals surface area contributed by atoms with E-state index in [2.05, 4.69) is 19.1 Å². The van der Waals surface area contributed by atoms with Gasteiger partial charge in [0.15, 0.2) is 0 Å². The Bertz CT molecular complexity index is 351. The molecule has 0 bridgehead atoms. The molecule has 0 aromatic rings. The highest BCUT2D eigenvalue weighted by Crippen LogP contribution is 2.16. The van der Waals surface area contributed by atoms with Crippen molar-refractivity contribution in [2.75, 3.05) is 0 Å². The molecular weight excluding hydrogens is 346 g/mol. The number of hydrogen-bond acceptors (Lipinski definition) is 3. The molecule has 2 atom stereocenters. The maximum atomic E-state index is 11.9. The summed E-state index contributed by atoms with van der Waals surface area (Å²) >= 11 is 0. The number of unbranched alkanes of at least 4 members (excludes halogenated alkanes) is 11. The van der Waals surface area contributed by atoms with Crippen LogP contribution in [0.2, 0.25) is 0 Å². The molecule has 0 rings (SSSR count). The molecule has 26 heavy (non-hydrogen) atoms. The number of rotatable bonds is 17. The van der Waals surface area contributed by atoms with Gasteiger partial charge in [-0.2, -0.15) is 0 Å². The van der Waals surface area contributed by atoms with Crippen LogP contribution in [0.15, 0.2) is 12.2 Å². The maximum absolute atomic E-state index is 11.9. The zero-order chi connectivity index (χ0) is 19.0. The van der Waals surface area contributed by atoms with Gasteiger partial charge in [-0.05, 0) is 39.0 Å². The zero-order valence-corrected chi connectivity index (χ0v) is 18.3. The molecule has 0 aliphatic rings. The molecule has 0 saturated carbocycles. The zero-order valence-electron chi connectivity index (χ0n) is 17.5. The summed E-state index contributed by atoms with van der Waals surface area (Å²) < 4.78 is 0. The van der Waals surface area contributed by atoms with Gasteiger partial charge in [-0.25, -0.2) is 0 Å². The number of allylic oxidation sites excluding steroid dienone is 2. The molecule has 0 saturated heterocycles. The summed E-state index contributed by atoms with van der Waals surface area (Å²) in [4.78, 5) is 11.9. The van der Waals surface area contributed by atoms with Crippen molar-refractivity contribution in [2.24, 2.45) is 11.7 Å². The van der Waals surface area contributed by atoms with E-state index in [1.54, 1.807) is 6.92 Å². The summed E-state index contributed by atoms with van der Waals surface area (Å²) in [5.74, 6) is -0.408. The number of carbonyl (C=O) groups is 1. The van der Waals surface area contributed by atoms with Gasteiger partial charge in [-0.3, -0.25) is 4.79 Å². The second-order valence-corrected chi connectivity index (χ2v) is 7.75. The van der Waals surface area contributed by atoms with Crippen LogP contribution in [-0.4, -0.2) is 16.6 Å². The first-order valence-electron chi connectivity index (χ1n) is 10.6. The monoisotopic (exact) mass is 389 g/mol. The standard InChI is InChI=1S/C22H43NO2.ClH/c1-4-5-6-7-8-9-10-11-12-13-14-15-16-17-18-19-21(24)20(2)22(3,23)25;/h11-12,20,25H,4-10,13-19,23H2,1-3H3;1H. The van der Waals surface area contributed by atoms with Gasteiger partial charge in [0, 0.05) is 6.42 Å². The lowest BCUT2D eigenvalue weighted by molar-refractivity contribution is -0.130. The van der Waals surface area contributed by atoms with Crippen molar-refractivity contribution in [3.8, 4) is 0 Å². The minimum absolute atomic E-state index is 0. The number of hydrogen-bond donors (Lipinski definition) is 2. The maximum Gasteiger partial charge on any atom is 0.139 e. The van der Waals surface area contributed by atoms with E-state index in [9.17, 15) is 9.90 Å². The van der Waals surface area contributed by atoms with E-state index in [0.29, 0.717) is 6.42 Å². The summed E-state index contributed by atoms with van der Waals surface area (Å²) in [6.45, 7) is 5.46. The van der Waals surface area contributed by atoms with Crippen molar-refractivity contribution in [2.45, 2.75) is 116 Å². The second-order valence-electron chi connectivity index (χ2n) is 7.75. The molecule has 2 unspecified atom stereocenters. The average molecular weight is 390 g/mol. The number of nitrogens with two attached hydrogens (primary N) is 1. The molecule has 0 aliphatic carbocycles. The molecule has 0 amide bonds. The van der Waals surface area contributed by atoms with E-state index in [1.807, 2.05) is 0 Å². The van der Waals surface area contributed by atoms with Gasteiger partial charge in [0.1, 0.15) is 11.5 Å². The summed E-state index contributed by atoms with van der Waals surface area (Å²) in [5, 5.41) is 9.63. The minimum Gasteiger partial charge on any atom is -0.376 e. The number of ketones is 1. The molecule has 4 heteroatoms. The highest BCUT2D eigenvalue weighted by Gasteiger charge is 2.28. The second kappa shape index (κ2) is 18.0. The van der Waals surface area contributed by atoms with Crippen LogP contribution in [0.1, 0.15) is 111 Å². The third kappa shape index (κ3) is 17.1. The smallest absolute Gasteiger partial charge is 0.139 e. The Labute approximate surface area is 168 Å². The van der Waals surface area contributed by atoms with Gasteiger partial charge < -0.3 is 10.8 Å². The predicted octanol–water partition coefficient (Wildman–Crippen LogP) is 6.32. The molecule has 0 aliphatic heterocycles. The van der Waals surface area contributed by atoms with Crippen molar-refractivity contribution in [1.29, 1.82) is 0 Å². The summed E-state index contributed by atoms with van der Waals surface area (Å²) in [5.41, 5.74) is 4.17. The van der Waals surface area contributed by atoms with E-state index in [4.69, 9.17) is 5.73 Å². The number of Topliss-reactive ketones (excluding diaryl/α,β-unsaturated/α-hetero) is 1. The van der Waals surface area contributed by atoms with E-state index >= 15 is 0 Å². The van der Waals surface area contributed by atoms with Gasteiger partial charge in [0.2, 0.25) is 0 Å².